The number of nitrogens with zero attached hydrogens (tertiary/aromatic N) is 1. The van der Waals surface area contributed by atoms with Crippen LogP contribution < -0.4 is 5.32 Å². The smallest absolute Gasteiger partial charge is 0.407 e. The third-order valence-corrected chi connectivity index (χ3v) is 11.5. The largest absolute Gasteiger partial charge is 0.464 e. The molecular weight excluding hydrogens is 508 g/mol. The number of ether oxygens (including phenoxy) is 2. The molecule has 3 aromatic rings. The standard InChI is InChI=1S/C31H40N2O5Si/c1-7-36-29(34)28(38-39(5,6)31(2,3)4)27(33-30(35)37-22-24-12-9-8-10-13-24)20-23-15-17-25(18-16-23)26-14-11-19-32-21-26/h8-19,21,27-28H,7,20,22H2,1-6H3,(H,33,35)/t27-,28+/m1/s1. The number of rotatable bonds is 11. The predicted octanol–water partition coefficient (Wildman–Crippen LogP) is 6.54. The molecule has 7 nitrogen and oxygen atoms in total. The monoisotopic (exact) mass is 548 g/mol. The molecule has 0 aliphatic heterocycles. The molecule has 0 radical (unpaired) electrons. The van der Waals surface area contributed by atoms with E-state index in [2.05, 4.69) is 44.2 Å². The van der Waals surface area contributed by atoms with Gasteiger partial charge in [-0.1, -0.05) is 81.4 Å². The van der Waals surface area contributed by atoms with Gasteiger partial charge >= 0.3 is 12.1 Å². The molecule has 39 heavy (non-hydrogen) atoms. The molecule has 1 aromatic heterocycles. The van der Waals surface area contributed by atoms with E-state index in [1.807, 2.05) is 72.9 Å². The molecule has 0 bridgehead atoms. The molecular formula is C31H40N2O5Si. The van der Waals surface area contributed by atoms with E-state index in [1.54, 1.807) is 13.1 Å². The van der Waals surface area contributed by atoms with Gasteiger partial charge in [0.25, 0.3) is 0 Å². The second-order valence-electron chi connectivity index (χ2n) is 11.0. The Morgan fingerprint density at radius 3 is 2.18 bits per heavy atom. The van der Waals surface area contributed by atoms with Crippen LogP contribution in [0.2, 0.25) is 18.1 Å². The van der Waals surface area contributed by atoms with Crippen LogP contribution in [-0.2, 0) is 31.7 Å². The van der Waals surface area contributed by atoms with Gasteiger partial charge in [-0.05, 0) is 59.8 Å². The zero-order valence-electron chi connectivity index (χ0n) is 23.8. The van der Waals surface area contributed by atoms with Crippen molar-refractivity contribution >= 4 is 20.4 Å². The Morgan fingerprint density at radius 1 is 0.897 bits per heavy atom. The summed E-state index contributed by atoms with van der Waals surface area (Å²) in [6.07, 6.45) is 2.29. The molecule has 0 saturated carbocycles. The van der Waals surface area contributed by atoms with Crippen LogP contribution in [0.5, 0.6) is 0 Å². The number of aromatic nitrogens is 1. The molecule has 208 valence electrons. The van der Waals surface area contributed by atoms with E-state index in [1.165, 1.54) is 0 Å². The number of carbonyl (C=O) groups excluding carboxylic acids is 2. The molecule has 8 heteroatoms. The summed E-state index contributed by atoms with van der Waals surface area (Å²) in [5, 5.41) is 2.77. The first kappa shape index (κ1) is 30.1. The number of carbonyl (C=O) groups is 2. The summed E-state index contributed by atoms with van der Waals surface area (Å²) in [5.41, 5.74) is 3.84. The van der Waals surface area contributed by atoms with Crippen molar-refractivity contribution in [3.8, 4) is 11.1 Å². The van der Waals surface area contributed by atoms with Gasteiger partial charge < -0.3 is 19.2 Å². The second kappa shape index (κ2) is 13.5. The topological polar surface area (TPSA) is 86.8 Å². The normalized spacial score (nSPS) is 13.3. The summed E-state index contributed by atoms with van der Waals surface area (Å²) in [6, 6.07) is 20.6. The van der Waals surface area contributed by atoms with Crippen LogP contribution in [-0.4, -0.2) is 44.1 Å². The van der Waals surface area contributed by atoms with Crippen LogP contribution in [0.25, 0.3) is 11.1 Å². The Hall–Kier alpha value is -3.49. The van der Waals surface area contributed by atoms with Gasteiger partial charge in [0.05, 0.1) is 12.6 Å². The van der Waals surface area contributed by atoms with Crippen LogP contribution in [0, 0.1) is 0 Å². The van der Waals surface area contributed by atoms with Gasteiger partial charge in [0.2, 0.25) is 0 Å². The summed E-state index contributed by atoms with van der Waals surface area (Å²) in [6.45, 7) is 12.6. The van der Waals surface area contributed by atoms with Crippen molar-refractivity contribution < 1.29 is 23.5 Å². The molecule has 0 aliphatic carbocycles. The van der Waals surface area contributed by atoms with Crippen molar-refractivity contribution in [2.24, 2.45) is 0 Å². The number of esters is 1. The summed E-state index contributed by atoms with van der Waals surface area (Å²) in [7, 11) is -2.41. The maximum atomic E-state index is 13.3. The number of hydrogen-bond acceptors (Lipinski definition) is 6. The molecule has 0 aliphatic rings. The summed E-state index contributed by atoms with van der Waals surface area (Å²) in [4.78, 5) is 30.4. The average molecular weight is 549 g/mol. The minimum absolute atomic E-state index is 0.117. The highest BCUT2D eigenvalue weighted by Gasteiger charge is 2.44. The zero-order valence-corrected chi connectivity index (χ0v) is 24.8. The number of alkyl carbamates (subject to hydrolysis) is 1. The fourth-order valence-corrected chi connectivity index (χ4v) is 5.03. The highest BCUT2D eigenvalue weighted by Crippen LogP contribution is 2.38. The van der Waals surface area contributed by atoms with Gasteiger partial charge in [0, 0.05) is 12.4 Å². The Labute approximate surface area is 233 Å². The van der Waals surface area contributed by atoms with Gasteiger partial charge in [0.1, 0.15) is 6.61 Å². The van der Waals surface area contributed by atoms with Crippen molar-refractivity contribution in [2.75, 3.05) is 6.61 Å². The molecule has 1 N–H and O–H groups in total. The van der Waals surface area contributed by atoms with Crippen LogP contribution in [0.15, 0.2) is 79.1 Å². The van der Waals surface area contributed by atoms with Gasteiger partial charge in [-0.25, -0.2) is 9.59 Å². The summed E-state index contributed by atoms with van der Waals surface area (Å²) in [5.74, 6) is -0.498. The molecule has 0 saturated heterocycles. The minimum atomic E-state index is -2.41. The molecule has 1 amide bonds. The molecule has 1 heterocycles. The van der Waals surface area contributed by atoms with Gasteiger partial charge in [-0.3, -0.25) is 4.98 Å². The van der Waals surface area contributed by atoms with Crippen LogP contribution in [0.4, 0.5) is 4.79 Å². The fraction of sp³-hybridized carbons (Fsp3) is 0.387. The van der Waals surface area contributed by atoms with E-state index >= 15 is 0 Å². The van der Waals surface area contributed by atoms with Crippen molar-refractivity contribution in [1.29, 1.82) is 0 Å². The molecule has 0 unspecified atom stereocenters. The van der Waals surface area contributed by atoms with Gasteiger partial charge in [0.15, 0.2) is 14.4 Å². The molecule has 2 aromatic carbocycles. The fourth-order valence-electron chi connectivity index (χ4n) is 3.78. The van der Waals surface area contributed by atoms with E-state index in [9.17, 15) is 9.59 Å². The molecule has 0 spiro atoms. The number of nitrogens with one attached hydrogen (secondary N) is 1. The highest BCUT2D eigenvalue weighted by molar-refractivity contribution is 6.74. The van der Waals surface area contributed by atoms with E-state index in [4.69, 9.17) is 13.9 Å². The predicted molar refractivity (Wildman–Crippen MR) is 156 cm³/mol. The van der Waals surface area contributed by atoms with E-state index in [-0.39, 0.29) is 18.3 Å². The average Bonchev–Trinajstić information content (AvgIpc) is 2.91. The zero-order chi connectivity index (χ0) is 28.5. The van der Waals surface area contributed by atoms with Crippen molar-refractivity contribution in [2.45, 2.75) is 71.0 Å². The molecule has 2 atom stereocenters. The van der Waals surface area contributed by atoms with Gasteiger partial charge in [-0.15, -0.1) is 0 Å². The lowest BCUT2D eigenvalue weighted by molar-refractivity contribution is -0.153. The Morgan fingerprint density at radius 2 is 1.59 bits per heavy atom. The molecule has 0 fully saturated rings. The highest BCUT2D eigenvalue weighted by atomic mass is 28.4. The van der Waals surface area contributed by atoms with E-state index in [0.29, 0.717) is 6.42 Å². The first-order chi connectivity index (χ1) is 18.5. The lowest BCUT2D eigenvalue weighted by Gasteiger charge is -2.40. The lowest BCUT2D eigenvalue weighted by Crippen LogP contribution is -2.56. The van der Waals surface area contributed by atoms with Gasteiger partial charge in [-0.2, -0.15) is 0 Å². The van der Waals surface area contributed by atoms with E-state index < -0.39 is 32.5 Å². The quantitative estimate of drug-likeness (QED) is 0.216. The first-order valence-electron chi connectivity index (χ1n) is 13.3. The first-order valence-corrected chi connectivity index (χ1v) is 16.2. The van der Waals surface area contributed by atoms with Crippen LogP contribution in [0.3, 0.4) is 0 Å². The maximum absolute atomic E-state index is 13.3. The van der Waals surface area contributed by atoms with E-state index in [0.717, 1.165) is 22.3 Å². The lowest BCUT2D eigenvalue weighted by atomic mass is 9.99. The number of pyridine rings is 1. The number of hydrogen-bond donors (Lipinski definition) is 1. The number of amides is 1. The summed E-state index contributed by atoms with van der Waals surface area (Å²) < 4.78 is 17.5. The third-order valence-electron chi connectivity index (χ3n) is 7.03. The third kappa shape index (κ3) is 8.76. The Kier molecular flexibility index (Phi) is 10.4. The second-order valence-corrected chi connectivity index (χ2v) is 15.8. The maximum Gasteiger partial charge on any atom is 0.407 e. The SMILES string of the molecule is CCOC(=O)[C@@H](O[Si](C)(C)C(C)(C)C)[C@@H](Cc1ccc(-c2cccnc2)cc1)NC(=O)OCc1ccccc1. The van der Waals surface area contributed by atoms with Crippen molar-refractivity contribution in [1.82, 2.24) is 10.3 Å². The van der Waals surface area contributed by atoms with Crippen molar-refractivity contribution in [3.63, 3.8) is 0 Å². The molecule has 3 rings (SSSR count). The Balaban J connectivity index is 1.87. The minimum Gasteiger partial charge on any atom is -0.464 e. The van der Waals surface area contributed by atoms with Crippen LogP contribution in [0.1, 0.15) is 38.8 Å². The van der Waals surface area contributed by atoms with Crippen molar-refractivity contribution in [3.05, 3.63) is 90.3 Å². The van der Waals surface area contributed by atoms with Crippen LogP contribution >= 0.6 is 0 Å². The number of benzene rings is 2. The Bertz CT molecular complexity index is 1200. The summed E-state index contributed by atoms with van der Waals surface area (Å²) >= 11 is 0.